The molecule has 8 nitrogen and oxygen atoms in total. The van der Waals surface area contributed by atoms with Crippen molar-refractivity contribution in [2.75, 3.05) is 45.8 Å². The largest absolute Gasteiger partial charge is 0.445 e. The van der Waals surface area contributed by atoms with E-state index in [0.29, 0.717) is 19.6 Å². The third-order valence-electron chi connectivity index (χ3n) is 3.67. The van der Waals surface area contributed by atoms with Gasteiger partial charge in [-0.05, 0) is 5.56 Å². The highest BCUT2D eigenvalue weighted by Crippen LogP contribution is 2.01. The van der Waals surface area contributed by atoms with E-state index >= 15 is 0 Å². The fourth-order valence-corrected chi connectivity index (χ4v) is 2.32. The van der Waals surface area contributed by atoms with Gasteiger partial charge in [-0.3, -0.25) is 0 Å². The van der Waals surface area contributed by atoms with Gasteiger partial charge < -0.3 is 31.2 Å². The minimum atomic E-state index is -0.553. The van der Waals surface area contributed by atoms with Crippen LogP contribution in [-0.2, 0) is 11.3 Å². The zero-order valence-electron chi connectivity index (χ0n) is 13.8. The Morgan fingerprint density at radius 1 is 1.12 bits per heavy atom. The zero-order valence-corrected chi connectivity index (χ0v) is 13.8. The number of hydrogen-bond donors (Lipinski definition) is 5. The van der Waals surface area contributed by atoms with Crippen LogP contribution in [0.5, 0.6) is 0 Å². The first-order valence-electron chi connectivity index (χ1n) is 8.30. The number of ether oxygens (including phenoxy) is 1. The van der Waals surface area contributed by atoms with Gasteiger partial charge in [-0.25, -0.2) is 4.79 Å². The van der Waals surface area contributed by atoms with Gasteiger partial charge in [-0.15, -0.1) is 0 Å². The van der Waals surface area contributed by atoms with Crippen LogP contribution in [0.15, 0.2) is 30.3 Å². The van der Waals surface area contributed by atoms with Gasteiger partial charge >= 0.3 is 6.09 Å². The van der Waals surface area contributed by atoms with Gasteiger partial charge in [0, 0.05) is 45.8 Å². The third kappa shape index (κ3) is 7.24. The Hall–Kier alpha value is -1.71. The Morgan fingerprint density at radius 2 is 1.79 bits per heavy atom. The molecule has 0 aromatic heterocycles. The molecule has 1 aromatic carbocycles. The van der Waals surface area contributed by atoms with Gasteiger partial charge in [0.05, 0.1) is 0 Å². The first-order valence-corrected chi connectivity index (χ1v) is 8.30. The van der Waals surface area contributed by atoms with Crippen molar-refractivity contribution in [1.82, 2.24) is 26.3 Å². The SMILES string of the molecule is O=C(NC1CNCCNCCNCCN1O)OCc1ccccc1. The molecule has 1 aliphatic heterocycles. The Balaban J connectivity index is 1.79. The maximum atomic E-state index is 12.0. The molecule has 1 saturated heterocycles. The van der Waals surface area contributed by atoms with E-state index in [0.717, 1.165) is 36.8 Å². The molecular weight excluding hydrogens is 310 g/mol. The highest BCUT2D eigenvalue weighted by atomic mass is 16.6. The molecule has 0 radical (unpaired) electrons. The number of carbonyl (C=O) groups is 1. The summed E-state index contributed by atoms with van der Waals surface area (Å²) < 4.78 is 5.21. The number of benzene rings is 1. The predicted octanol–water partition coefficient (Wildman–Crippen LogP) is -0.287. The van der Waals surface area contributed by atoms with Crippen molar-refractivity contribution in [1.29, 1.82) is 0 Å². The van der Waals surface area contributed by atoms with E-state index in [1.807, 2.05) is 30.3 Å². The number of carbonyl (C=O) groups excluding carboxylic acids is 1. The smallest absolute Gasteiger partial charge is 0.408 e. The molecule has 1 amide bonds. The summed E-state index contributed by atoms with van der Waals surface area (Å²) in [5.74, 6) is 0. The summed E-state index contributed by atoms with van der Waals surface area (Å²) in [6.07, 6.45) is -1.10. The van der Waals surface area contributed by atoms with Crippen LogP contribution in [0.25, 0.3) is 0 Å². The summed E-state index contributed by atoms with van der Waals surface area (Å²) in [5, 5.41) is 23.7. The van der Waals surface area contributed by atoms with Crippen molar-refractivity contribution >= 4 is 6.09 Å². The lowest BCUT2D eigenvalue weighted by Gasteiger charge is -2.27. The van der Waals surface area contributed by atoms with Gasteiger partial charge in [-0.2, -0.15) is 5.06 Å². The van der Waals surface area contributed by atoms with Gasteiger partial charge in [0.2, 0.25) is 0 Å². The average molecular weight is 337 g/mol. The topological polar surface area (TPSA) is 97.9 Å². The third-order valence-corrected chi connectivity index (χ3v) is 3.67. The molecule has 134 valence electrons. The number of rotatable bonds is 3. The molecule has 2 rings (SSSR count). The van der Waals surface area contributed by atoms with Crippen LogP contribution < -0.4 is 21.3 Å². The first-order chi connectivity index (χ1) is 11.8. The molecule has 8 heteroatoms. The summed E-state index contributed by atoms with van der Waals surface area (Å²) in [7, 11) is 0. The summed E-state index contributed by atoms with van der Waals surface area (Å²) in [6, 6.07) is 9.48. The Bertz CT molecular complexity index is 474. The summed E-state index contributed by atoms with van der Waals surface area (Å²) >= 11 is 0. The Kier molecular flexibility index (Phi) is 8.50. The standard InChI is InChI=1S/C16H27N5O3/c22-16(24-13-14-4-2-1-3-5-14)20-15-12-19-9-8-17-6-7-18-10-11-21(15)23/h1-5,15,17-19,23H,6-13H2,(H,20,22). The molecule has 1 heterocycles. The molecule has 0 saturated carbocycles. The van der Waals surface area contributed by atoms with Crippen molar-refractivity contribution in [2.45, 2.75) is 12.8 Å². The Morgan fingerprint density at radius 3 is 2.54 bits per heavy atom. The van der Waals surface area contributed by atoms with Crippen LogP contribution in [0, 0.1) is 0 Å². The van der Waals surface area contributed by atoms with Crippen LogP contribution in [0.4, 0.5) is 4.79 Å². The van der Waals surface area contributed by atoms with Crippen LogP contribution in [-0.4, -0.2) is 68.3 Å². The molecule has 0 aliphatic carbocycles. The van der Waals surface area contributed by atoms with Gasteiger partial charge in [0.25, 0.3) is 0 Å². The van der Waals surface area contributed by atoms with Gasteiger partial charge in [0.15, 0.2) is 0 Å². The van der Waals surface area contributed by atoms with E-state index < -0.39 is 12.3 Å². The molecule has 24 heavy (non-hydrogen) atoms. The number of nitrogens with one attached hydrogen (secondary N) is 4. The molecule has 1 unspecified atom stereocenters. The molecule has 1 atom stereocenters. The molecular formula is C16H27N5O3. The van der Waals surface area contributed by atoms with Crippen molar-refractivity contribution < 1.29 is 14.7 Å². The van der Waals surface area contributed by atoms with E-state index in [1.165, 1.54) is 0 Å². The second kappa shape index (κ2) is 11.0. The summed E-state index contributed by atoms with van der Waals surface area (Å²) in [6.45, 7) is 4.98. The molecule has 0 spiro atoms. The van der Waals surface area contributed by atoms with Gasteiger partial charge in [-0.1, -0.05) is 30.3 Å². The normalized spacial score (nSPS) is 21.3. The lowest BCUT2D eigenvalue weighted by atomic mass is 10.2. The van der Waals surface area contributed by atoms with Crippen LogP contribution in [0.1, 0.15) is 5.56 Å². The monoisotopic (exact) mass is 337 g/mol. The Labute approximate surface area is 142 Å². The quantitative estimate of drug-likeness (QED) is 0.517. The number of hydrogen-bond acceptors (Lipinski definition) is 7. The maximum absolute atomic E-state index is 12.0. The van der Waals surface area contributed by atoms with E-state index in [-0.39, 0.29) is 6.61 Å². The molecule has 1 fully saturated rings. The van der Waals surface area contributed by atoms with Crippen molar-refractivity contribution in [3.05, 3.63) is 35.9 Å². The fourth-order valence-electron chi connectivity index (χ4n) is 2.32. The highest BCUT2D eigenvalue weighted by molar-refractivity contribution is 5.67. The van der Waals surface area contributed by atoms with Crippen molar-refractivity contribution in [2.24, 2.45) is 0 Å². The lowest BCUT2D eigenvalue weighted by Crippen LogP contribution is -2.54. The molecule has 5 N–H and O–H groups in total. The highest BCUT2D eigenvalue weighted by Gasteiger charge is 2.19. The lowest BCUT2D eigenvalue weighted by molar-refractivity contribution is -0.131. The molecule has 0 bridgehead atoms. The minimum Gasteiger partial charge on any atom is -0.445 e. The van der Waals surface area contributed by atoms with Crippen molar-refractivity contribution in [3.63, 3.8) is 0 Å². The zero-order chi connectivity index (χ0) is 17.0. The second-order valence-corrected chi connectivity index (χ2v) is 5.59. The first kappa shape index (κ1) is 18.6. The van der Waals surface area contributed by atoms with E-state index in [1.54, 1.807) is 0 Å². The van der Waals surface area contributed by atoms with Crippen molar-refractivity contribution in [3.8, 4) is 0 Å². The summed E-state index contributed by atoms with van der Waals surface area (Å²) in [4.78, 5) is 12.0. The van der Waals surface area contributed by atoms with E-state index in [2.05, 4.69) is 21.3 Å². The minimum absolute atomic E-state index is 0.198. The second-order valence-electron chi connectivity index (χ2n) is 5.59. The summed E-state index contributed by atoms with van der Waals surface area (Å²) in [5.41, 5.74) is 0.917. The number of amides is 1. The van der Waals surface area contributed by atoms with E-state index in [9.17, 15) is 10.0 Å². The number of alkyl carbamates (subject to hydrolysis) is 1. The number of hydroxylamine groups is 2. The van der Waals surface area contributed by atoms with Gasteiger partial charge in [0.1, 0.15) is 12.8 Å². The number of nitrogens with zero attached hydrogens (tertiary/aromatic N) is 1. The molecule has 1 aliphatic rings. The van der Waals surface area contributed by atoms with Crippen LogP contribution >= 0.6 is 0 Å². The maximum Gasteiger partial charge on any atom is 0.408 e. The van der Waals surface area contributed by atoms with Crippen LogP contribution in [0.2, 0.25) is 0 Å². The molecule has 1 aromatic rings. The van der Waals surface area contributed by atoms with Crippen LogP contribution in [0.3, 0.4) is 0 Å². The fraction of sp³-hybridized carbons (Fsp3) is 0.562. The van der Waals surface area contributed by atoms with E-state index in [4.69, 9.17) is 4.74 Å². The predicted molar refractivity (Wildman–Crippen MR) is 90.7 cm³/mol. The average Bonchev–Trinajstić information content (AvgIpc) is 2.60.